The Kier molecular flexibility index (Phi) is 4.46. The number of pyridine rings is 2. The zero-order chi connectivity index (χ0) is 19.9. The van der Waals surface area contributed by atoms with Crippen molar-refractivity contribution in [1.82, 2.24) is 15.0 Å². The molecule has 1 aliphatic carbocycles. The normalized spacial score (nSPS) is 16.7. The molecule has 30 heavy (non-hydrogen) atoms. The van der Waals surface area contributed by atoms with Crippen LogP contribution in [0.1, 0.15) is 24.0 Å². The number of aryl methyl sites for hydroxylation is 1. The molecule has 152 valence electrons. The van der Waals surface area contributed by atoms with Crippen LogP contribution in [0.4, 0.5) is 17.5 Å². The Morgan fingerprint density at radius 3 is 2.73 bits per heavy atom. The third kappa shape index (κ3) is 2.98. The molecule has 0 spiro atoms. The summed E-state index contributed by atoms with van der Waals surface area (Å²) in [5.74, 6) is 2.88. The van der Waals surface area contributed by atoms with Gasteiger partial charge < -0.3 is 10.1 Å². The van der Waals surface area contributed by atoms with Crippen molar-refractivity contribution < 1.29 is 9.72 Å². The van der Waals surface area contributed by atoms with Crippen molar-refractivity contribution in [3.05, 3.63) is 41.9 Å². The molecule has 1 saturated heterocycles. The predicted molar refractivity (Wildman–Crippen MR) is 119 cm³/mol. The Morgan fingerprint density at radius 1 is 1.03 bits per heavy atom. The van der Waals surface area contributed by atoms with Crippen molar-refractivity contribution in [3.8, 4) is 0 Å². The van der Waals surface area contributed by atoms with Crippen LogP contribution in [-0.2, 0) is 17.6 Å². The number of aromatic amines is 1. The van der Waals surface area contributed by atoms with Crippen LogP contribution >= 0.6 is 11.3 Å². The summed E-state index contributed by atoms with van der Waals surface area (Å²) < 4.78 is 6.66. The zero-order valence-corrected chi connectivity index (χ0v) is 17.5. The van der Waals surface area contributed by atoms with E-state index in [-0.39, 0.29) is 0 Å². The highest BCUT2D eigenvalue weighted by atomic mass is 32.1. The van der Waals surface area contributed by atoms with Crippen molar-refractivity contribution in [2.75, 3.05) is 36.5 Å². The van der Waals surface area contributed by atoms with Gasteiger partial charge in [0.15, 0.2) is 10.6 Å². The zero-order valence-electron chi connectivity index (χ0n) is 16.6. The molecule has 4 aromatic rings. The number of thiophene rings is 1. The summed E-state index contributed by atoms with van der Waals surface area (Å²) in [4.78, 5) is 21.0. The fourth-order valence-corrected chi connectivity index (χ4v) is 5.73. The van der Waals surface area contributed by atoms with Crippen LogP contribution in [0.25, 0.3) is 20.4 Å². The minimum Gasteiger partial charge on any atom is -0.373 e. The predicted octanol–water partition coefficient (Wildman–Crippen LogP) is 3.51. The largest absolute Gasteiger partial charge is 0.373 e. The van der Waals surface area contributed by atoms with Gasteiger partial charge in [0.05, 0.1) is 24.1 Å². The Bertz CT molecular complexity index is 1220. The van der Waals surface area contributed by atoms with E-state index < -0.39 is 0 Å². The number of H-pyrrole nitrogens is 1. The first-order valence-corrected chi connectivity index (χ1v) is 11.3. The van der Waals surface area contributed by atoms with E-state index in [2.05, 4.69) is 25.2 Å². The van der Waals surface area contributed by atoms with Gasteiger partial charge in [-0.05, 0) is 43.4 Å². The molecule has 0 atom stereocenters. The number of fused-ring (bicyclic) bond motifs is 5. The highest BCUT2D eigenvalue weighted by molar-refractivity contribution is 7.25. The molecular weight excluding hydrogens is 396 g/mol. The van der Waals surface area contributed by atoms with E-state index in [0.29, 0.717) is 0 Å². The summed E-state index contributed by atoms with van der Waals surface area (Å²) in [6.45, 7) is 3.45. The smallest absolute Gasteiger partial charge is 0.279 e. The van der Waals surface area contributed by atoms with E-state index in [0.717, 1.165) is 61.0 Å². The van der Waals surface area contributed by atoms with E-state index in [1.54, 1.807) is 23.9 Å². The van der Waals surface area contributed by atoms with Crippen LogP contribution in [-0.4, -0.2) is 41.3 Å². The van der Waals surface area contributed by atoms with E-state index in [1.807, 2.05) is 18.2 Å². The Hall–Kier alpha value is -2.84. The number of morpholine rings is 1. The average molecular weight is 420 g/mol. The lowest BCUT2D eigenvalue weighted by molar-refractivity contribution is -0.328. The van der Waals surface area contributed by atoms with Gasteiger partial charge in [-0.3, -0.25) is 4.90 Å². The second kappa shape index (κ2) is 7.45. The number of anilines is 3. The van der Waals surface area contributed by atoms with Crippen LogP contribution < -0.4 is 15.2 Å². The number of rotatable bonds is 3. The standard InChI is InChI=1S/C22H22N6OS/c1-2-6-15-14(5-1)17-18-19(20(25-13-24-18)26-16-7-3-4-8-23-16)30-22(17)27-21(15)28-9-11-29-12-10-28/h3-4,7-8,13H,1-2,5-6,9-12H2,(H,23,24,25,26)/p+1. The molecule has 0 bridgehead atoms. The topological polar surface area (TPSA) is 77.3 Å². The number of aromatic nitrogens is 4. The Labute approximate surface area is 178 Å². The summed E-state index contributed by atoms with van der Waals surface area (Å²) in [7, 11) is 0. The SMILES string of the molecule is c1ccc(Nc2ncnc3c2sc2[nH+]c(N4CCOCC4)c4c(c23)CCCC4)nc1. The molecule has 8 heteroatoms. The number of nitrogens with one attached hydrogen (secondary N) is 2. The van der Waals surface area contributed by atoms with Gasteiger partial charge in [-0.1, -0.05) is 17.4 Å². The number of hydrogen-bond acceptors (Lipinski definition) is 7. The first-order valence-electron chi connectivity index (χ1n) is 10.5. The van der Waals surface area contributed by atoms with Gasteiger partial charge in [0.1, 0.15) is 29.9 Å². The molecule has 0 radical (unpaired) electrons. The number of ether oxygens (including phenoxy) is 1. The van der Waals surface area contributed by atoms with Crippen LogP contribution in [0.15, 0.2) is 30.7 Å². The summed E-state index contributed by atoms with van der Waals surface area (Å²) in [5, 5.41) is 4.64. The van der Waals surface area contributed by atoms with Gasteiger partial charge in [0.2, 0.25) is 0 Å². The Morgan fingerprint density at radius 2 is 1.90 bits per heavy atom. The second-order valence-corrected chi connectivity index (χ2v) is 8.80. The van der Waals surface area contributed by atoms with Crippen molar-refractivity contribution in [3.63, 3.8) is 0 Å². The molecule has 4 aromatic heterocycles. The molecule has 7 nitrogen and oxygen atoms in total. The summed E-state index contributed by atoms with van der Waals surface area (Å²) in [5.41, 5.74) is 3.96. The van der Waals surface area contributed by atoms with Crippen LogP contribution in [0.2, 0.25) is 0 Å². The van der Waals surface area contributed by atoms with E-state index in [4.69, 9.17) is 9.72 Å². The molecule has 1 fully saturated rings. The molecule has 2 aliphatic rings. The molecule has 5 heterocycles. The first-order chi connectivity index (χ1) is 14.9. The van der Waals surface area contributed by atoms with Gasteiger partial charge in [-0.2, -0.15) is 0 Å². The van der Waals surface area contributed by atoms with E-state index in [1.165, 1.54) is 40.0 Å². The Balaban J connectivity index is 1.55. The van der Waals surface area contributed by atoms with E-state index >= 15 is 0 Å². The molecule has 6 rings (SSSR count). The monoisotopic (exact) mass is 419 g/mol. The minimum absolute atomic E-state index is 0.787. The minimum atomic E-state index is 0.787. The number of nitrogens with zero attached hydrogens (tertiary/aromatic N) is 4. The van der Waals surface area contributed by atoms with Crippen LogP contribution in [0.5, 0.6) is 0 Å². The summed E-state index contributed by atoms with van der Waals surface area (Å²) in [6, 6.07) is 5.83. The van der Waals surface area contributed by atoms with Crippen LogP contribution in [0.3, 0.4) is 0 Å². The maximum absolute atomic E-state index is 5.59. The highest BCUT2D eigenvalue weighted by Gasteiger charge is 2.30. The lowest BCUT2D eigenvalue weighted by Gasteiger charge is -2.25. The lowest BCUT2D eigenvalue weighted by Crippen LogP contribution is -2.40. The quantitative estimate of drug-likeness (QED) is 0.548. The lowest BCUT2D eigenvalue weighted by atomic mass is 9.90. The first kappa shape index (κ1) is 18.0. The number of hydrogen-bond donors (Lipinski definition) is 1. The molecule has 0 amide bonds. The molecule has 0 unspecified atom stereocenters. The molecule has 1 aliphatic heterocycles. The van der Waals surface area contributed by atoms with Crippen LogP contribution in [0, 0.1) is 0 Å². The highest BCUT2D eigenvalue weighted by Crippen LogP contribution is 2.41. The van der Waals surface area contributed by atoms with Gasteiger partial charge >= 0.3 is 0 Å². The third-order valence-electron chi connectivity index (χ3n) is 6.00. The fourth-order valence-electron chi connectivity index (χ4n) is 4.61. The van der Waals surface area contributed by atoms with Crippen molar-refractivity contribution in [2.45, 2.75) is 25.7 Å². The van der Waals surface area contributed by atoms with Gasteiger partial charge in [-0.25, -0.2) is 19.9 Å². The maximum Gasteiger partial charge on any atom is 0.279 e. The van der Waals surface area contributed by atoms with Gasteiger partial charge in [0.25, 0.3) is 5.82 Å². The molecule has 0 saturated carbocycles. The van der Waals surface area contributed by atoms with Crippen molar-refractivity contribution in [2.24, 2.45) is 0 Å². The molecule has 2 N–H and O–H groups in total. The maximum atomic E-state index is 5.59. The van der Waals surface area contributed by atoms with Gasteiger partial charge in [0, 0.05) is 11.8 Å². The average Bonchev–Trinajstić information content (AvgIpc) is 3.20. The molecular formula is C22H23N6OS+. The van der Waals surface area contributed by atoms with E-state index in [9.17, 15) is 0 Å². The van der Waals surface area contributed by atoms with Crippen molar-refractivity contribution >= 4 is 49.2 Å². The van der Waals surface area contributed by atoms with Gasteiger partial charge in [-0.15, -0.1) is 0 Å². The summed E-state index contributed by atoms with van der Waals surface area (Å²) >= 11 is 1.73. The second-order valence-electron chi connectivity index (χ2n) is 7.78. The third-order valence-corrected chi connectivity index (χ3v) is 7.10. The fraction of sp³-hybridized carbons (Fsp3) is 0.364. The van der Waals surface area contributed by atoms with Crippen molar-refractivity contribution in [1.29, 1.82) is 0 Å². The summed E-state index contributed by atoms with van der Waals surface area (Å²) in [6.07, 6.45) is 8.14. The molecule has 0 aromatic carbocycles.